The van der Waals surface area contributed by atoms with Crippen LogP contribution < -0.4 is 10.4 Å². The van der Waals surface area contributed by atoms with Crippen LogP contribution in [-0.2, 0) is 0 Å². The standard InChI is InChI=1S/C26H42Si2/c1-3-4-5-6-7-8-9-10-11-18-23-27-24(2)28(25-19-14-12-15-20-25)26-21-16-13-17-22-26/h12-17,19-22,24,28H,3-11,18,23,27H2,1-2H3/t24-/m1/s1. The lowest BCUT2D eigenvalue weighted by atomic mass is 10.1. The second-order valence-electron chi connectivity index (χ2n) is 8.60. The van der Waals surface area contributed by atoms with Crippen molar-refractivity contribution in [3.8, 4) is 0 Å². The van der Waals surface area contributed by atoms with Gasteiger partial charge in [0.1, 0.15) is 8.80 Å². The van der Waals surface area contributed by atoms with Crippen molar-refractivity contribution in [2.45, 2.75) is 89.3 Å². The Morgan fingerprint density at radius 2 is 1.07 bits per heavy atom. The van der Waals surface area contributed by atoms with Crippen molar-refractivity contribution in [3.63, 3.8) is 0 Å². The summed E-state index contributed by atoms with van der Waals surface area (Å²) in [6, 6.07) is 24.3. The Labute approximate surface area is 178 Å². The van der Waals surface area contributed by atoms with Gasteiger partial charge in [0.05, 0.1) is 0 Å². The van der Waals surface area contributed by atoms with Gasteiger partial charge >= 0.3 is 0 Å². The summed E-state index contributed by atoms with van der Waals surface area (Å²) in [5.74, 6) is 0. The van der Waals surface area contributed by atoms with Crippen LogP contribution in [0.15, 0.2) is 60.7 Å². The van der Waals surface area contributed by atoms with E-state index in [1.807, 2.05) is 0 Å². The van der Waals surface area contributed by atoms with Crippen molar-refractivity contribution < 1.29 is 0 Å². The van der Waals surface area contributed by atoms with Gasteiger partial charge in [-0.25, -0.2) is 0 Å². The molecule has 1 atom stereocenters. The molecule has 2 aromatic rings. The van der Waals surface area contributed by atoms with Crippen LogP contribution in [0.1, 0.15) is 78.1 Å². The summed E-state index contributed by atoms with van der Waals surface area (Å²) in [5.41, 5.74) is 0. The van der Waals surface area contributed by atoms with Crippen LogP contribution in [0, 0.1) is 0 Å². The normalized spacial score (nSPS) is 12.8. The number of hydrogen-bond donors (Lipinski definition) is 0. The van der Waals surface area contributed by atoms with E-state index in [1.165, 1.54) is 64.2 Å². The fourth-order valence-corrected chi connectivity index (χ4v) is 12.4. The lowest BCUT2D eigenvalue weighted by molar-refractivity contribution is 0.562. The molecule has 2 rings (SSSR count). The molecule has 0 radical (unpaired) electrons. The molecule has 154 valence electrons. The summed E-state index contributed by atoms with van der Waals surface area (Å²) < 4.78 is 0. The molecule has 0 spiro atoms. The third-order valence-corrected chi connectivity index (χ3v) is 13.7. The van der Waals surface area contributed by atoms with E-state index in [1.54, 1.807) is 16.4 Å². The van der Waals surface area contributed by atoms with Crippen LogP contribution in [0.3, 0.4) is 0 Å². The maximum atomic E-state index is 2.57. The average molecular weight is 411 g/mol. The molecule has 0 N–H and O–H groups in total. The summed E-state index contributed by atoms with van der Waals surface area (Å²) in [5, 5.41) is 4.23. The minimum absolute atomic E-state index is 0.00880. The fraction of sp³-hybridized carbons (Fsp3) is 0.538. The molecule has 0 bridgehead atoms. The molecule has 28 heavy (non-hydrogen) atoms. The lowest BCUT2D eigenvalue weighted by Crippen LogP contribution is -2.46. The molecular weight excluding hydrogens is 368 g/mol. The van der Waals surface area contributed by atoms with Crippen LogP contribution in [0.5, 0.6) is 0 Å². The summed E-state index contributed by atoms with van der Waals surface area (Å²) in [6.07, 6.45) is 14.5. The highest BCUT2D eigenvalue weighted by molar-refractivity contribution is 6.91. The first-order valence-electron chi connectivity index (χ1n) is 11.9. The van der Waals surface area contributed by atoms with E-state index < -0.39 is 8.80 Å². The van der Waals surface area contributed by atoms with Crippen molar-refractivity contribution in [1.82, 2.24) is 0 Å². The molecule has 2 aromatic carbocycles. The minimum atomic E-state index is -1.07. The Bertz CT molecular complexity index is 557. The highest BCUT2D eigenvalue weighted by Gasteiger charge is 2.22. The van der Waals surface area contributed by atoms with Crippen molar-refractivity contribution in [2.75, 3.05) is 0 Å². The smallest absolute Gasteiger partial charge is 0.0674 e. The molecule has 0 aliphatic heterocycles. The Morgan fingerprint density at radius 3 is 1.54 bits per heavy atom. The largest absolute Gasteiger partial charge is 0.102 e. The molecule has 0 heterocycles. The minimum Gasteiger partial charge on any atom is -0.0674 e. The summed E-state index contributed by atoms with van der Waals surface area (Å²) >= 11 is 0. The van der Waals surface area contributed by atoms with E-state index in [2.05, 4.69) is 74.5 Å². The third-order valence-electron chi connectivity index (χ3n) is 6.15. The fourth-order valence-electron chi connectivity index (χ4n) is 4.47. The molecule has 0 nitrogen and oxygen atoms in total. The van der Waals surface area contributed by atoms with Crippen LogP contribution in [0.4, 0.5) is 0 Å². The van der Waals surface area contributed by atoms with Crippen molar-refractivity contribution in [2.24, 2.45) is 0 Å². The van der Waals surface area contributed by atoms with E-state index in [0.29, 0.717) is 0 Å². The van der Waals surface area contributed by atoms with Gasteiger partial charge in [-0.15, -0.1) is 0 Å². The molecule has 0 aromatic heterocycles. The van der Waals surface area contributed by atoms with Gasteiger partial charge in [-0.05, 0) is 0 Å². The van der Waals surface area contributed by atoms with Gasteiger partial charge in [-0.2, -0.15) is 0 Å². The van der Waals surface area contributed by atoms with E-state index in [4.69, 9.17) is 0 Å². The zero-order chi connectivity index (χ0) is 19.9. The molecular formula is C26H42Si2. The zero-order valence-electron chi connectivity index (χ0n) is 18.4. The van der Waals surface area contributed by atoms with Crippen molar-refractivity contribution in [1.29, 1.82) is 0 Å². The molecule has 0 saturated carbocycles. The first kappa shape index (κ1) is 23.2. The molecule has 0 aliphatic rings. The van der Waals surface area contributed by atoms with E-state index >= 15 is 0 Å². The first-order valence-corrected chi connectivity index (χ1v) is 15.6. The van der Waals surface area contributed by atoms with Gasteiger partial charge in [0.2, 0.25) is 0 Å². The van der Waals surface area contributed by atoms with Gasteiger partial charge < -0.3 is 0 Å². The predicted octanol–water partition coefficient (Wildman–Crippen LogP) is 5.88. The lowest BCUT2D eigenvalue weighted by Gasteiger charge is -2.23. The number of unbranched alkanes of at least 4 members (excludes halogenated alkanes) is 9. The Kier molecular flexibility index (Phi) is 12.3. The van der Waals surface area contributed by atoms with Crippen molar-refractivity contribution >= 4 is 28.7 Å². The van der Waals surface area contributed by atoms with Crippen LogP contribution in [0.2, 0.25) is 11.2 Å². The maximum Gasteiger partial charge on any atom is 0.102 e. The van der Waals surface area contributed by atoms with Gasteiger partial charge in [-0.3, -0.25) is 0 Å². The number of hydrogen-bond acceptors (Lipinski definition) is 0. The van der Waals surface area contributed by atoms with E-state index in [-0.39, 0.29) is 9.52 Å². The predicted molar refractivity (Wildman–Crippen MR) is 134 cm³/mol. The van der Waals surface area contributed by atoms with Gasteiger partial charge in [-0.1, -0.05) is 160 Å². The van der Waals surface area contributed by atoms with Crippen LogP contribution in [-0.4, -0.2) is 18.3 Å². The molecule has 2 heteroatoms. The van der Waals surface area contributed by atoms with Gasteiger partial charge in [0.25, 0.3) is 0 Å². The highest BCUT2D eigenvalue weighted by atomic mass is 28.3. The summed E-state index contributed by atoms with van der Waals surface area (Å²) in [7, 11) is -1.06. The van der Waals surface area contributed by atoms with Gasteiger partial charge in [0.15, 0.2) is 0 Å². The topological polar surface area (TPSA) is 0 Å². The van der Waals surface area contributed by atoms with E-state index in [0.717, 1.165) is 5.16 Å². The van der Waals surface area contributed by atoms with Crippen LogP contribution in [0.25, 0.3) is 0 Å². The second-order valence-corrected chi connectivity index (χ2v) is 15.5. The molecule has 0 amide bonds. The SMILES string of the molecule is CCCCCCCCCCCC[SiH2][C@@H](C)[SiH](c1ccccc1)c1ccccc1. The van der Waals surface area contributed by atoms with E-state index in [9.17, 15) is 0 Å². The monoisotopic (exact) mass is 410 g/mol. The Balaban J connectivity index is 1.68. The molecule has 0 aliphatic carbocycles. The summed E-state index contributed by atoms with van der Waals surface area (Å²) in [4.78, 5) is 0. The second kappa shape index (κ2) is 14.8. The van der Waals surface area contributed by atoms with Gasteiger partial charge in [0, 0.05) is 9.52 Å². The molecule has 0 fully saturated rings. The molecule has 0 unspecified atom stereocenters. The highest BCUT2D eigenvalue weighted by Crippen LogP contribution is 2.15. The van der Waals surface area contributed by atoms with Crippen molar-refractivity contribution in [3.05, 3.63) is 60.7 Å². The average Bonchev–Trinajstić information content (AvgIpc) is 2.74. The maximum absolute atomic E-state index is 2.57. The first-order chi connectivity index (χ1) is 13.8. The molecule has 0 saturated heterocycles. The zero-order valence-corrected chi connectivity index (χ0v) is 21.0. The summed E-state index contributed by atoms with van der Waals surface area (Å²) in [6.45, 7) is 4.87. The number of benzene rings is 2. The quantitative estimate of drug-likeness (QED) is 0.254. The van der Waals surface area contributed by atoms with Crippen LogP contribution >= 0.6 is 0 Å². The number of rotatable bonds is 15. The Hall–Kier alpha value is -1.13. The third kappa shape index (κ3) is 8.92. The Morgan fingerprint density at radius 1 is 0.643 bits per heavy atom.